The number of likely N-dealkylation sites (tertiary alicyclic amines) is 1. The highest BCUT2D eigenvalue weighted by Gasteiger charge is 2.33. The van der Waals surface area contributed by atoms with Crippen molar-refractivity contribution >= 4 is 22.8 Å². The number of hydrogen-bond acceptors (Lipinski definition) is 3. The molecule has 0 spiro atoms. The minimum atomic E-state index is -0.376. The van der Waals surface area contributed by atoms with Gasteiger partial charge in [0.25, 0.3) is 0 Å². The van der Waals surface area contributed by atoms with E-state index < -0.39 is 0 Å². The monoisotopic (exact) mass is 384 g/mol. The minimum Gasteiger partial charge on any atom is -0.346 e. The van der Waals surface area contributed by atoms with Gasteiger partial charge in [0.1, 0.15) is 5.82 Å². The SMILES string of the molecule is CC(C)C(NC(=O)C1CCN(C(=O)C(C)(C)C)CC1)c1nc2ccccc2[nH]1. The molecular formula is C22H32N4O2. The van der Waals surface area contributed by atoms with Gasteiger partial charge in [0, 0.05) is 24.4 Å². The lowest BCUT2D eigenvalue weighted by Gasteiger charge is -2.35. The molecule has 1 aromatic carbocycles. The van der Waals surface area contributed by atoms with Gasteiger partial charge in [0.15, 0.2) is 0 Å². The minimum absolute atomic E-state index is 0.0574. The summed E-state index contributed by atoms with van der Waals surface area (Å²) in [6.45, 7) is 11.3. The summed E-state index contributed by atoms with van der Waals surface area (Å²) >= 11 is 0. The van der Waals surface area contributed by atoms with Crippen LogP contribution in [0.25, 0.3) is 11.0 Å². The van der Waals surface area contributed by atoms with E-state index in [4.69, 9.17) is 0 Å². The molecule has 2 N–H and O–H groups in total. The molecule has 1 saturated heterocycles. The molecule has 2 aromatic rings. The molecule has 1 aliphatic heterocycles. The van der Waals surface area contributed by atoms with Crippen molar-refractivity contribution < 1.29 is 9.59 Å². The number of benzene rings is 1. The van der Waals surface area contributed by atoms with Crippen LogP contribution in [0.4, 0.5) is 0 Å². The summed E-state index contributed by atoms with van der Waals surface area (Å²) in [7, 11) is 0. The summed E-state index contributed by atoms with van der Waals surface area (Å²) in [5.41, 5.74) is 1.51. The highest BCUT2D eigenvalue weighted by molar-refractivity contribution is 5.83. The Balaban J connectivity index is 1.65. The van der Waals surface area contributed by atoms with Crippen molar-refractivity contribution in [3.63, 3.8) is 0 Å². The van der Waals surface area contributed by atoms with Crippen LogP contribution >= 0.6 is 0 Å². The Morgan fingerprint density at radius 3 is 2.39 bits per heavy atom. The first-order valence-corrected chi connectivity index (χ1v) is 10.2. The lowest BCUT2D eigenvalue weighted by atomic mass is 9.90. The van der Waals surface area contributed by atoms with E-state index >= 15 is 0 Å². The summed E-state index contributed by atoms with van der Waals surface area (Å²) in [5, 5.41) is 3.20. The van der Waals surface area contributed by atoms with Crippen molar-refractivity contribution in [2.45, 2.75) is 53.5 Å². The van der Waals surface area contributed by atoms with Gasteiger partial charge in [-0.05, 0) is 30.9 Å². The molecule has 28 heavy (non-hydrogen) atoms. The van der Waals surface area contributed by atoms with Gasteiger partial charge in [-0.1, -0.05) is 46.8 Å². The molecule has 1 unspecified atom stereocenters. The quantitative estimate of drug-likeness (QED) is 0.844. The fraction of sp³-hybridized carbons (Fsp3) is 0.591. The fourth-order valence-corrected chi connectivity index (χ4v) is 3.76. The lowest BCUT2D eigenvalue weighted by molar-refractivity contribution is -0.142. The Labute approximate surface area is 167 Å². The molecule has 0 radical (unpaired) electrons. The first-order valence-electron chi connectivity index (χ1n) is 10.2. The van der Waals surface area contributed by atoms with Gasteiger partial charge in [0.05, 0.1) is 17.1 Å². The van der Waals surface area contributed by atoms with Crippen molar-refractivity contribution in [2.75, 3.05) is 13.1 Å². The summed E-state index contributed by atoms with van der Waals surface area (Å²) in [6.07, 6.45) is 1.41. The van der Waals surface area contributed by atoms with Crippen molar-refractivity contribution in [2.24, 2.45) is 17.3 Å². The van der Waals surface area contributed by atoms with Crippen molar-refractivity contribution in [3.05, 3.63) is 30.1 Å². The highest BCUT2D eigenvalue weighted by atomic mass is 16.2. The van der Waals surface area contributed by atoms with Crippen LogP contribution in [0, 0.1) is 17.3 Å². The van der Waals surface area contributed by atoms with Gasteiger partial charge < -0.3 is 15.2 Å². The maximum atomic E-state index is 12.9. The molecular weight excluding hydrogens is 352 g/mol. The summed E-state index contributed by atoms with van der Waals surface area (Å²) in [5.74, 6) is 1.17. The zero-order chi connectivity index (χ0) is 20.5. The molecule has 0 bridgehead atoms. The number of imidazole rings is 1. The van der Waals surface area contributed by atoms with E-state index in [0.717, 1.165) is 16.9 Å². The van der Waals surface area contributed by atoms with E-state index in [1.165, 1.54) is 0 Å². The number of piperidine rings is 1. The molecule has 1 aliphatic rings. The average molecular weight is 385 g/mol. The zero-order valence-corrected chi connectivity index (χ0v) is 17.6. The first kappa shape index (κ1) is 20.4. The van der Waals surface area contributed by atoms with Crippen LogP contribution in [0.3, 0.4) is 0 Å². The van der Waals surface area contributed by atoms with Gasteiger partial charge in [-0.25, -0.2) is 4.98 Å². The Morgan fingerprint density at radius 1 is 1.18 bits per heavy atom. The van der Waals surface area contributed by atoms with Crippen molar-refractivity contribution in [3.8, 4) is 0 Å². The number of amides is 2. The van der Waals surface area contributed by atoms with E-state index in [-0.39, 0.29) is 35.1 Å². The Kier molecular flexibility index (Phi) is 5.77. The van der Waals surface area contributed by atoms with E-state index in [2.05, 4.69) is 29.1 Å². The number of nitrogens with one attached hydrogen (secondary N) is 2. The molecule has 152 valence electrons. The Hall–Kier alpha value is -2.37. The summed E-state index contributed by atoms with van der Waals surface area (Å²) in [6, 6.07) is 7.74. The maximum Gasteiger partial charge on any atom is 0.227 e. The van der Waals surface area contributed by atoms with Crippen LogP contribution in [-0.4, -0.2) is 39.8 Å². The molecule has 1 atom stereocenters. The van der Waals surface area contributed by atoms with Crippen LogP contribution in [0.1, 0.15) is 59.3 Å². The molecule has 6 nitrogen and oxygen atoms in total. The number of aromatic amines is 1. The maximum absolute atomic E-state index is 12.9. The topological polar surface area (TPSA) is 78.1 Å². The van der Waals surface area contributed by atoms with E-state index in [0.29, 0.717) is 25.9 Å². The molecule has 2 heterocycles. The number of nitrogens with zero attached hydrogens (tertiary/aromatic N) is 2. The van der Waals surface area contributed by atoms with E-state index in [1.54, 1.807) is 0 Å². The van der Waals surface area contributed by atoms with Crippen molar-refractivity contribution in [1.82, 2.24) is 20.2 Å². The predicted molar refractivity (Wildman–Crippen MR) is 111 cm³/mol. The van der Waals surface area contributed by atoms with Crippen LogP contribution in [0.2, 0.25) is 0 Å². The third kappa shape index (κ3) is 4.37. The number of fused-ring (bicyclic) bond motifs is 1. The van der Waals surface area contributed by atoms with Gasteiger partial charge in [0.2, 0.25) is 11.8 Å². The second kappa shape index (κ2) is 7.94. The molecule has 6 heteroatoms. The zero-order valence-electron chi connectivity index (χ0n) is 17.6. The third-order valence-corrected chi connectivity index (χ3v) is 5.46. The van der Waals surface area contributed by atoms with Gasteiger partial charge in [-0.2, -0.15) is 0 Å². The largest absolute Gasteiger partial charge is 0.346 e. The smallest absolute Gasteiger partial charge is 0.227 e. The highest BCUT2D eigenvalue weighted by Crippen LogP contribution is 2.26. The number of rotatable bonds is 4. The fourth-order valence-electron chi connectivity index (χ4n) is 3.76. The standard InChI is InChI=1S/C22H32N4O2/c1-14(2)18(19-23-16-8-6-7-9-17(16)24-19)25-20(27)15-10-12-26(13-11-15)21(28)22(3,4)5/h6-9,14-15,18H,10-13H2,1-5H3,(H,23,24)(H,25,27). The summed E-state index contributed by atoms with van der Waals surface area (Å²) in [4.78, 5) is 35.3. The number of hydrogen-bond donors (Lipinski definition) is 2. The Morgan fingerprint density at radius 2 is 1.82 bits per heavy atom. The lowest BCUT2D eigenvalue weighted by Crippen LogP contribution is -2.47. The molecule has 3 rings (SSSR count). The van der Waals surface area contributed by atoms with Crippen LogP contribution in [0.15, 0.2) is 24.3 Å². The first-order chi connectivity index (χ1) is 13.2. The predicted octanol–water partition coefficient (Wildman–Crippen LogP) is 3.66. The molecule has 1 aromatic heterocycles. The van der Waals surface area contributed by atoms with Gasteiger partial charge >= 0.3 is 0 Å². The second-order valence-electron chi connectivity index (χ2n) is 9.19. The number of H-pyrrole nitrogens is 1. The molecule has 2 amide bonds. The number of carbonyl (C=O) groups excluding carboxylic acids is 2. The van der Waals surface area contributed by atoms with Gasteiger partial charge in [-0.15, -0.1) is 0 Å². The number of para-hydroxylation sites is 2. The van der Waals surface area contributed by atoms with Gasteiger partial charge in [-0.3, -0.25) is 9.59 Å². The van der Waals surface area contributed by atoms with E-state index in [1.807, 2.05) is 49.9 Å². The van der Waals surface area contributed by atoms with Crippen LogP contribution in [0.5, 0.6) is 0 Å². The Bertz CT molecular complexity index is 809. The average Bonchev–Trinajstić information content (AvgIpc) is 3.08. The van der Waals surface area contributed by atoms with Crippen LogP contribution in [-0.2, 0) is 9.59 Å². The van der Waals surface area contributed by atoms with E-state index in [9.17, 15) is 9.59 Å². The molecule has 1 fully saturated rings. The number of aromatic nitrogens is 2. The molecule has 0 saturated carbocycles. The third-order valence-electron chi connectivity index (χ3n) is 5.46. The van der Waals surface area contributed by atoms with Crippen LogP contribution < -0.4 is 5.32 Å². The number of carbonyl (C=O) groups is 2. The second-order valence-corrected chi connectivity index (χ2v) is 9.19. The summed E-state index contributed by atoms with van der Waals surface area (Å²) < 4.78 is 0. The molecule has 0 aliphatic carbocycles. The van der Waals surface area contributed by atoms with Crippen molar-refractivity contribution in [1.29, 1.82) is 0 Å². The normalized spacial score (nSPS) is 17.1.